The summed E-state index contributed by atoms with van der Waals surface area (Å²) in [6.45, 7) is 2.77. The summed E-state index contributed by atoms with van der Waals surface area (Å²) in [5.74, 6) is 1.29. The molecule has 1 aromatic carbocycles. The summed E-state index contributed by atoms with van der Waals surface area (Å²) >= 11 is 1.68. The van der Waals surface area contributed by atoms with Crippen molar-refractivity contribution < 1.29 is 9.47 Å². The Balaban J connectivity index is 2.02. The summed E-state index contributed by atoms with van der Waals surface area (Å²) in [5, 5.41) is 6.48. The van der Waals surface area contributed by atoms with Crippen LogP contribution >= 0.6 is 11.3 Å². The van der Waals surface area contributed by atoms with E-state index >= 15 is 0 Å². The SMILES string of the molecule is COc1cc(N)c(NCCc2nc(C)cs2)cc1OC. The van der Waals surface area contributed by atoms with Crippen LogP contribution in [0.3, 0.4) is 0 Å². The van der Waals surface area contributed by atoms with Gasteiger partial charge in [0.15, 0.2) is 11.5 Å². The zero-order valence-electron chi connectivity index (χ0n) is 11.9. The normalized spacial score (nSPS) is 10.3. The minimum Gasteiger partial charge on any atom is -0.493 e. The van der Waals surface area contributed by atoms with E-state index in [2.05, 4.69) is 15.7 Å². The first-order chi connectivity index (χ1) is 9.63. The summed E-state index contributed by atoms with van der Waals surface area (Å²) in [7, 11) is 3.20. The molecule has 108 valence electrons. The van der Waals surface area contributed by atoms with Gasteiger partial charge in [0.25, 0.3) is 0 Å². The van der Waals surface area contributed by atoms with Crippen LogP contribution in [0.25, 0.3) is 0 Å². The molecule has 0 saturated carbocycles. The van der Waals surface area contributed by atoms with Gasteiger partial charge in [0.1, 0.15) is 0 Å². The molecule has 5 nitrogen and oxygen atoms in total. The van der Waals surface area contributed by atoms with Gasteiger partial charge < -0.3 is 20.5 Å². The van der Waals surface area contributed by atoms with Gasteiger partial charge in [-0.3, -0.25) is 0 Å². The third-order valence-electron chi connectivity index (χ3n) is 2.88. The summed E-state index contributed by atoms with van der Waals surface area (Å²) < 4.78 is 10.5. The highest BCUT2D eigenvalue weighted by Gasteiger charge is 2.09. The Morgan fingerprint density at radius 2 is 1.95 bits per heavy atom. The van der Waals surface area contributed by atoms with E-state index in [4.69, 9.17) is 15.2 Å². The molecule has 0 atom stereocenters. The Morgan fingerprint density at radius 1 is 1.25 bits per heavy atom. The first-order valence-corrected chi connectivity index (χ1v) is 7.18. The molecule has 0 radical (unpaired) electrons. The van der Waals surface area contributed by atoms with Gasteiger partial charge in [0.05, 0.1) is 30.6 Å². The van der Waals surface area contributed by atoms with E-state index in [0.717, 1.165) is 29.4 Å². The number of methoxy groups -OCH3 is 2. The first-order valence-electron chi connectivity index (χ1n) is 6.30. The fraction of sp³-hybridized carbons (Fsp3) is 0.357. The van der Waals surface area contributed by atoms with Crippen LogP contribution in [0.1, 0.15) is 10.7 Å². The quantitative estimate of drug-likeness (QED) is 0.801. The Hall–Kier alpha value is -1.95. The van der Waals surface area contributed by atoms with Crippen LogP contribution in [0.5, 0.6) is 11.5 Å². The van der Waals surface area contributed by atoms with E-state index in [1.54, 1.807) is 31.6 Å². The largest absolute Gasteiger partial charge is 0.493 e. The molecule has 0 aliphatic heterocycles. The number of anilines is 2. The second-order valence-corrected chi connectivity index (χ2v) is 5.30. The van der Waals surface area contributed by atoms with E-state index in [-0.39, 0.29) is 0 Å². The van der Waals surface area contributed by atoms with Crippen molar-refractivity contribution in [1.82, 2.24) is 4.98 Å². The van der Waals surface area contributed by atoms with E-state index < -0.39 is 0 Å². The van der Waals surface area contributed by atoms with E-state index in [9.17, 15) is 0 Å². The average Bonchev–Trinajstić information content (AvgIpc) is 2.85. The maximum Gasteiger partial charge on any atom is 0.162 e. The lowest BCUT2D eigenvalue weighted by Gasteiger charge is -2.13. The molecule has 1 heterocycles. The fourth-order valence-corrected chi connectivity index (χ4v) is 2.65. The lowest BCUT2D eigenvalue weighted by molar-refractivity contribution is 0.355. The zero-order chi connectivity index (χ0) is 14.5. The zero-order valence-corrected chi connectivity index (χ0v) is 12.7. The number of nitrogens with two attached hydrogens (primary N) is 1. The molecule has 0 amide bonds. The number of rotatable bonds is 6. The van der Waals surface area contributed by atoms with Crippen LogP contribution < -0.4 is 20.5 Å². The highest BCUT2D eigenvalue weighted by Crippen LogP contribution is 2.34. The lowest BCUT2D eigenvalue weighted by atomic mass is 10.2. The van der Waals surface area contributed by atoms with Crippen LogP contribution in [-0.2, 0) is 6.42 Å². The molecule has 0 fully saturated rings. The minimum absolute atomic E-state index is 0.631. The predicted molar refractivity (Wildman–Crippen MR) is 83.0 cm³/mol. The number of benzene rings is 1. The summed E-state index contributed by atoms with van der Waals surface area (Å²) in [6, 6.07) is 3.61. The van der Waals surface area contributed by atoms with E-state index in [0.29, 0.717) is 17.2 Å². The van der Waals surface area contributed by atoms with Gasteiger partial charge in [-0.2, -0.15) is 0 Å². The average molecular weight is 293 g/mol. The molecule has 0 spiro atoms. The van der Waals surface area contributed by atoms with Gasteiger partial charge in [-0.1, -0.05) is 0 Å². The molecule has 6 heteroatoms. The Morgan fingerprint density at radius 3 is 2.55 bits per heavy atom. The highest BCUT2D eigenvalue weighted by atomic mass is 32.1. The smallest absolute Gasteiger partial charge is 0.162 e. The topological polar surface area (TPSA) is 69.4 Å². The molecular formula is C14H19N3O2S. The number of aryl methyl sites for hydroxylation is 1. The number of hydrogen-bond acceptors (Lipinski definition) is 6. The first kappa shape index (κ1) is 14.5. The maximum atomic E-state index is 5.99. The number of thiazole rings is 1. The van der Waals surface area contributed by atoms with Crippen molar-refractivity contribution in [1.29, 1.82) is 0 Å². The lowest BCUT2D eigenvalue weighted by Crippen LogP contribution is -2.07. The molecule has 20 heavy (non-hydrogen) atoms. The summed E-state index contributed by atoms with van der Waals surface area (Å²) in [5.41, 5.74) is 8.54. The number of aromatic nitrogens is 1. The van der Waals surface area contributed by atoms with Gasteiger partial charge in [0.2, 0.25) is 0 Å². The molecule has 2 rings (SSSR count). The Bertz CT molecular complexity index is 584. The van der Waals surface area contributed by atoms with Gasteiger partial charge in [0, 0.05) is 36.2 Å². The Kier molecular flexibility index (Phi) is 4.68. The van der Waals surface area contributed by atoms with Crippen molar-refractivity contribution in [2.24, 2.45) is 0 Å². The number of ether oxygens (including phenoxy) is 2. The molecule has 3 N–H and O–H groups in total. The highest BCUT2D eigenvalue weighted by molar-refractivity contribution is 7.09. The second-order valence-electron chi connectivity index (χ2n) is 4.35. The number of hydrogen-bond donors (Lipinski definition) is 2. The standard InChI is InChI=1S/C14H19N3O2S/c1-9-8-20-14(17-9)4-5-16-11-7-13(19-3)12(18-2)6-10(11)15/h6-8,16H,4-5,15H2,1-3H3. The van der Waals surface area contributed by atoms with Crippen molar-refractivity contribution in [3.63, 3.8) is 0 Å². The molecular weight excluding hydrogens is 274 g/mol. The van der Waals surface area contributed by atoms with Crippen molar-refractivity contribution in [3.8, 4) is 11.5 Å². The number of nitrogens with zero attached hydrogens (tertiary/aromatic N) is 1. The molecule has 2 aromatic rings. The third-order valence-corrected chi connectivity index (χ3v) is 3.90. The fourth-order valence-electron chi connectivity index (χ4n) is 1.87. The van der Waals surface area contributed by atoms with Crippen LogP contribution in [0.4, 0.5) is 11.4 Å². The predicted octanol–water partition coefficient (Wildman–Crippen LogP) is 2.71. The van der Waals surface area contributed by atoms with Crippen LogP contribution in [-0.4, -0.2) is 25.7 Å². The molecule has 0 saturated heterocycles. The molecule has 0 aliphatic carbocycles. The molecule has 0 bridgehead atoms. The molecule has 1 aromatic heterocycles. The monoisotopic (exact) mass is 293 g/mol. The van der Waals surface area contributed by atoms with Crippen LogP contribution in [0, 0.1) is 6.92 Å². The minimum atomic E-state index is 0.631. The van der Waals surface area contributed by atoms with Gasteiger partial charge >= 0.3 is 0 Å². The van der Waals surface area contributed by atoms with Crippen LogP contribution in [0.15, 0.2) is 17.5 Å². The number of nitrogens with one attached hydrogen (secondary N) is 1. The Labute approximate surface area is 122 Å². The maximum absolute atomic E-state index is 5.99. The molecule has 0 aliphatic rings. The van der Waals surface area contributed by atoms with Crippen molar-refractivity contribution in [3.05, 3.63) is 28.2 Å². The van der Waals surface area contributed by atoms with Gasteiger partial charge in [-0.25, -0.2) is 4.98 Å². The van der Waals surface area contributed by atoms with Crippen molar-refractivity contribution >= 4 is 22.7 Å². The van der Waals surface area contributed by atoms with Crippen molar-refractivity contribution in [2.45, 2.75) is 13.3 Å². The van der Waals surface area contributed by atoms with Crippen molar-refractivity contribution in [2.75, 3.05) is 31.8 Å². The van der Waals surface area contributed by atoms with Gasteiger partial charge in [-0.05, 0) is 6.92 Å². The second kappa shape index (κ2) is 6.47. The van der Waals surface area contributed by atoms with Crippen LogP contribution in [0.2, 0.25) is 0 Å². The van der Waals surface area contributed by atoms with Gasteiger partial charge in [-0.15, -0.1) is 11.3 Å². The number of nitrogen functional groups attached to an aromatic ring is 1. The molecule has 0 unspecified atom stereocenters. The van der Waals surface area contributed by atoms with E-state index in [1.807, 2.05) is 13.0 Å². The van der Waals surface area contributed by atoms with E-state index in [1.165, 1.54) is 0 Å². The summed E-state index contributed by atoms with van der Waals surface area (Å²) in [4.78, 5) is 4.43. The third kappa shape index (κ3) is 3.33. The summed E-state index contributed by atoms with van der Waals surface area (Å²) in [6.07, 6.45) is 0.867.